The van der Waals surface area contributed by atoms with Crippen LogP contribution in [0.15, 0.2) is 24.3 Å². The van der Waals surface area contributed by atoms with Gasteiger partial charge in [0.15, 0.2) is 0 Å². The number of aliphatic hydroxyl groups is 1. The molecule has 0 spiro atoms. The van der Waals surface area contributed by atoms with Crippen LogP contribution in [0.3, 0.4) is 0 Å². The first-order valence-corrected chi connectivity index (χ1v) is 36.6. The Balaban J connectivity index is 3.82. The molecule has 470 valence electrons. The lowest BCUT2D eigenvalue weighted by Crippen LogP contribution is -2.46. The molecule has 3 atom stereocenters. The molecular formula is C70H139N2O6P. The number of amides is 1. The highest BCUT2D eigenvalue weighted by molar-refractivity contribution is 7.45. The number of rotatable bonds is 66. The molecule has 1 amide bonds. The van der Waals surface area contributed by atoms with E-state index in [0.717, 1.165) is 44.9 Å². The Kier molecular flexibility index (Phi) is 60.7. The zero-order valence-electron chi connectivity index (χ0n) is 53.9. The van der Waals surface area contributed by atoms with Gasteiger partial charge in [0.25, 0.3) is 7.82 Å². The van der Waals surface area contributed by atoms with Crippen molar-refractivity contribution in [2.45, 2.75) is 379 Å². The zero-order chi connectivity index (χ0) is 57.7. The number of allylic oxidation sites excluding steroid dienone is 4. The van der Waals surface area contributed by atoms with E-state index >= 15 is 0 Å². The number of phosphoric acid groups is 1. The van der Waals surface area contributed by atoms with Gasteiger partial charge in [0.2, 0.25) is 5.91 Å². The number of hydrogen-bond donors (Lipinski definition) is 2. The molecule has 3 unspecified atom stereocenters. The lowest BCUT2D eigenvalue weighted by atomic mass is 10.0. The van der Waals surface area contributed by atoms with Crippen LogP contribution in [0.4, 0.5) is 0 Å². The van der Waals surface area contributed by atoms with Gasteiger partial charge in [0.1, 0.15) is 13.2 Å². The van der Waals surface area contributed by atoms with Crippen LogP contribution in [-0.4, -0.2) is 68.5 Å². The molecule has 8 nitrogen and oxygen atoms in total. The van der Waals surface area contributed by atoms with Gasteiger partial charge in [0, 0.05) is 6.42 Å². The number of hydrogen-bond acceptors (Lipinski definition) is 6. The number of quaternary nitrogens is 1. The van der Waals surface area contributed by atoms with E-state index in [0.29, 0.717) is 23.9 Å². The number of nitrogens with one attached hydrogen (secondary N) is 1. The fourth-order valence-corrected chi connectivity index (χ4v) is 11.7. The molecule has 0 aromatic carbocycles. The standard InChI is InChI=1S/C70H139N2O6P/c1-6-8-10-12-14-16-18-20-22-24-25-26-27-28-29-30-31-32-33-34-35-36-37-38-39-40-41-42-43-44-45-46-47-48-50-52-54-56-58-60-62-64-70(74)71-68(67-78-79(75,76)77-66-65-72(3,4)5)69(73)63-61-59-57-55-53-51-49-23-21-19-17-15-13-11-9-7-2/h18,20,24-25,68-69,73H,6-17,19,21-23,26-67H2,1-5H3,(H-,71,74,75,76)/b20-18-,25-24-. The van der Waals surface area contributed by atoms with Crippen LogP contribution in [0, 0.1) is 0 Å². The van der Waals surface area contributed by atoms with E-state index < -0.39 is 20.0 Å². The van der Waals surface area contributed by atoms with Gasteiger partial charge in [-0.2, -0.15) is 0 Å². The average Bonchev–Trinajstić information content (AvgIpc) is 3.42. The molecule has 0 aliphatic heterocycles. The topological polar surface area (TPSA) is 108 Å². The van der Waals surface area contributed by atoms with Crippen LogP contribution in [0.1, 0.15) is 367 Å². The van der Waals surface area contributed by atoms with Crippen molar-refractivity contribution in [2.75, 3.05) is 40.9 Å². The minimum Gasteiger partial charge on any atom is -0.756 e. The quantitative estimate of drug-likeness (QED) is 0.0272. The van der Waals surface area contributed by atoms with Crippen molar-refractivity contribution in [1.82, 2.24) is 5.32 Å². The smallest absolute Gasteiger partial charge is 0.268 e. The minimum absolute atomic E-state index is 0.0156. The Bertz CT molecular complexity index is 1340. The Labute approximate surface area is 494 Å². The number of aliphatic hydroxyl groups excluding tert-OH is 1. The summed E-state index contributed by atoms with van der Waals surface area (Å²) in [5.74, 6) is -0.156. The van der Waals surface area contributed by atoms with Gasteiger partial charge in [-0.1, -0.05) is 340 Å². The largest absolute Gasteiger partial charge is 0.756 e. The Morgan fingerprint density at radius 1 is 0.443 bits per heavy atom. The molecular weight excluding hydrogens is 996 g/mol. The van der Waals surface area contributed by atoms with Crippen molar-refractivity contribution in [3.63, 3.8) is 0 Å². The van der Waals surface area contributed by atoms with Crippen LogP contribution in [0.5, 0.6) is 0 Å². The fraction of sp³-hybridized carbons (Fsp3) is 0.929. The van der Waals surface area contributed by atoms with E-state index in [1.807, 2.05) is 21.1 Å². The highest BCUT2D eigenvalue weighted by Crippen LogP contribution is 2.38. The van der Waals surface area contributed by atoms with E-state index in [2.05, 4.69) is 43.5 Å². The first-order chi connectivity index (χ1) is 38.5. The third-order valence-electron chi connectivity index (χ3n) is 16.4. The van der Waals surface area contributed by atoms with E-state index in [1.165, 1.54) is 295 Å². The third kappa shape index (κ3) is 64.4. The number of nitrogens with zero attached hydrogens (tertiary/aromatic N) is 1. The van der Waals surface area contributed by atoms with Crippen LogP contribution < -0.4 is 10.2 Å². The molecule has 9 heteroatoms. The van der Waals surface area contributed by atoms with Crippen LogP contribution in [0.2, 0.25) is 0 Å². The number of phosphoric ester groups is 1. The maximum atomic E-state index is 13.0. The molecule has 0 bridgehead atoms. The fourth-order valence-electron chi connectivity index (χ4n) is 11.0. The summed E-state index contributed by atoms with van der Waals surface area (Å²) in [4.78, 5) is 25.6. The summed E-state index contributed by atoms with van der Waals surface area (Å²) < 4.78 is 23.5. The Hall–Kier alpha value is -1.02. The minimum atomic E-state index is -4.57. The molecule has 0 fully saturated rings. The second-order valence-electron chi connectivity index (χ2n) is 25.6. The molecule has 79 heavy (non-hydrogen) atoms. The van der Waals surface area contributed by atoms with Crippen molar-refractivity contribution in [2.24, 2.45) is 0 Å². The Morgan fingerprint density at radius 3 is 1.05 bits per heavy atom. The monoisotopic (exact) mass is 1140 g/mol. The Morgan fingerprint density at radius 2 is 0.734 bits per heavy atom. The number of unbranched alkanes of at least 4 members (excludes halogenated alkanes) is 49. The number of likely N-dealkylation sites (N-methyl/N-ethyl adjacent to an activating group) is 1. The SMILES string of the molecule is CCCCCCC/C=C\C/C=C\CCCCCCCCCCCCCCCCCCCCCCCCCCCCCCCC(=O)NC(COP(=O)([O-])OCC[N+](C)(C)C)C(O)CCCCCCCCCCCCCCCCCC. The highest BCUT2D eigenvalue weighted by atomic mass is 31.2. The summed E-state index contributed by atoms with van der Waals surface area (Å²) in [6, 6.07) is -0.797. The number of carbonyl (C=O) groups excluding carboxylic acids is 1. The molecule has 0 rings (SSSR count). The summed E-state index contributed by atoms with van der Waals surface area (Å²) in [5, 5.41) is 14.1. The lowest BCUT2D eigenvalue weighted by Gasteiger charge is -2.30. The molecule has 2 N–H and O–H groups in total. The normalized spacial score (nSPS) is 13.8. The van der Waals surface area contributed by atoms with Gasteiger partial charge in [-0.3, -0.25) is 9.36 Å². The molecule has 0 saturated heterocycles. The summed E-state index contributed by atoms with van der Waals surface area (Å²) in [7, 11) is 1.32. The lowest BCUT2D eigenvalue weighted by molar-refractivity contribution is -0.870. The summed E-state index contributed by atoms with van der Waals surface area (Å²) in [6.07, 6.45) is 79.9. The van der Waals surface area contributed by atoms with Crippen LogP contribution in [-0.2, 0) is 18.4 Å². The first kappa shape index (κ1) is 78.0. The van der Waals surface area contributed by atoms with E-state index in [9.17, 15) is 19.4 Å². The molecule has 0 saturated carbocycles. The maximum Gasteiger partial charge on any atom is 0.268 e. The van der Waals surface area contributed by atoms with Crippen molar-refractivity contribution in [3.8, 4) is 0 Å². The van der Waals surface area contributed by atoms with Crippen molar-refractivity contribution in [1.29, 1.82) is 0 Å². The van der Waals surface area contributed by atoms with Gasteiger partial charge < -0.3 is 28.8 Å². The molecule has 0 aromatic heterocycles. The zero-order valence-corrected chi connectivity index (χ0v) is 54.8. The summed E-state index contributed by atoms with van der Waals surface area (Å²) >= 11 is 0. The predicted octanol–water partition coefficient (Wildman–Crippen LogP) is 21.6. The van der Waals surface area contributed by atoms with Crippen LogP contribution >= 0.6 is 7.82 Å². The van der Waals surface area contributed by atoms with Crippen molar-refractivity contribution < 1.29 is 32.9 Å². The summed E-state index contributed by atoms with van der Waals surface area (Å²) in [5.41, 5.74) is 0. The summed E-state index contributed by atoms with van der Waals surface area (Å²) in [6.45, 7) is 4.76. The van der Waals surface area contributed by atoms with E-state index in [-0.39, 0.29) is 19.1 Å². The molecule has 0 aromatic rings. The second-order valence-corrected chi connectivity index (χ2v) is 27.0. The highest BCUT2D eigenvalue weighted by Gasteiger charge is 2.24. The third-order valence-corrected chi connectivity index (χ3v) is 17.4. The van der Waals surface area contributed by atoms with E-state index in [1.54, 1.807) is 0 Å². The van der Waals surface area contributed by atoms with Gasteiger partial charge in [-0.25, -0.2) is 0 Å². The van der Waals surface area contributed by atoms with Crippen LogP contribution in [0.25, 0.3) is 0 Å². The first-order valence-electron chi connectivity index (χ1n) is 35.2. The second kappa shape index (κ2) is 61.5. The van der Waals surface area contributed by atoms with Gasteiger partial charge >= 0.3 is 0 Å². The van der Waals surface area contributed by atoms with Crippen molar-refractivity contribution >= 4 is 13.7 Å². The molecule has 0 aliphatic rings. The van der Waals surface area contributed by atoms with E-state index in [4.69, 9.17) is 9.05 Å². The predicted molar refractivity (Wildman–Crippen MR) is 344 cm³/mol. The molecule has 0 heterocycles. The molecule has 0 aliphatic carbocycles. The van der Waals surface area contributed by atoms with Gasteiger partial charge in [0.05, 0.1) is 39.9 Å². The van der Waals surface area contributed by atoms with Crippen molar-refractivity contribution in [3.05, 3.63) is 24.3 Å². The molecule has 0 radical (unpaired) electrons. The maximum absolute atomic E-state index is 13.0. The number of carbonyl (C=O) groups is 1. The van der Waals surface area contributed by atoms with Gasteiger partial charge in [-0.15, -0.1) is 0 Å². The van der Waals surface area contributed by atoms with Gasteiger partial charge in [-0.05, 0) is 44.9 Å². The average molecular weight is 1140 g/mol.